The molecule has 0 atom stereocenters. The van der Waals surface area contributed by atoms with Gasteiger partial charge in [0.1, 0.15) is 4.60 Å². The fraction of sp³-hybridized carbons (Fsp3) is 0.500. The lowest BCUT2D eigenvalue weighted by Crippen LogP contribution is -2.43. The summed E-state index contributed by atoms with van der Waals surface area (Å²) in [4.78, 5) is 6.56. The smallest absolute Gasteiger partial charge is 0.153 e. The van der Waals surface area contributed by atoms with Gasteiger partial charge in [0.25, 0.3) is 0 Å². The first-order valence-corrected chi connectivity index (χ1v) is 5.76. The molecule has 0 bridgehead atoms. The number of pyridine rings is 1. The molecule has 0 saturated carbocycles. The van der Waals surface area contributed by atoms with Gasteiger partial charge in [0.15, 0.2) is 5.75 Å². The minimum Gasteiger partial charge on any atom is -0.494 e. The van der Waals surface area contributed by atoms with E-state index >= 15 is 0 Å². The Bertz CT molecular complexity index is 339. The Morgan fingerprint density at radius 1 is 1.47 bits per heavy atom. The predicted octanol–water partition coefficient (Wildman–Crippen LogP) is 1.26. The number of ether oxygens (including phenoxy) is 1. The molecule has 0 aromatic carbocycles. The molecule has 4 nitrogen and oxygen atoms in total. The number of hydrogen-bond acceptors (Lipinski definition) is 4. The lowest BCUT2D eigenvalue weighted by molar-refractivity contribution is 0.409. The van der Waals surface area contributed by atoms with Crippen LogP contribution in [-0.4, -0.2) is 38.3 Å². The highest BCUT2D eigenvalue weighted by Crippen LogP contribution is 2.27. The van der Waals surface area contributed by atoms with Gasteiger partial charge < -0.3 is 15.0 Å². The number of rotatable bonds is 2. The van der Waals surface area contributed by atoms with E-state index in [1.807, 2.05) is 12.3 Å². The molecule has 1 fully saturated rings. The summed E-state index contributed by atoms with van der Waals surface area (Å²) in [6.07, 6.45) is 1.87. The molecule has 1 aromatic heterocycles. The molecule has 1 aliphatic heterocycles. The molecule has 1 N–H and O–H groups in total. The van der Waals surface area contributed by atoms with Crippen LogP contribution in [0.2, 0.25) is 0 Å². The molecule has 0 amide bonds. The Morgan fingerprint density at radius 3 is 2.87 bits per heavy atom. The molecule has 0 unspecified atom stereocenters. The maximum atomic E-state index is 5.22. The van der Waals surface area contributed by atoms with Crippen molar-refractivity contribution in [1.29, 1.82) is 0 Å². The second-order valence-electron chi connectivity index (χ2n) is 3.42. The molecule has 5 heteroatoms. The van der Waals surface area contributed by atoms with Gasteiger partial charge in [-0.15, -0.1) is 0 Å². The van der Waals surface area contributed by atoms with E-state index in [4.69, 9.17) is 4.74 Å². The van der Waals surface area contributed by atoms with Gasteiger partial charge >= 0.3 is 0 Å². The largest absolute Gasteiger partial charge is 0.494 e. The van der Waals surface area contributed by atoms with E-state index in [0.717, 1.165) is 42.2 Å². The molecular formula is C10H14BrN3O. The third kappa shape index (κ3) is 2.41. The van der Waals surface area contributed by atoms with E-state index in [0.29, 0.717) is 0 Å². The molecule has 1 aromatic rings. The number of anilines is 1. The van der Waals surface area contributed by atoms with Crippen molar-refractivity contribution in [3.05, 3.63) is 16.9 Å². The van der Waals surface area contributed by atoms with Crippen LogP contribution in [0.15, 0.2) is 16.9 Å². The van der Waals surface area contributed by atoms with Crippen molar-refractivity contribution in [2.45, 2.75) is 0 Å². The summed E-state index contributed by atoms with van der Waals surface area (Å²) in [6.45, 7) is 4.09. The van der Waals surface area contributed by atoms with Crippen molar-refractivity contribution < 1.29 is 4.74 Å². The van der Waals surface area contributed by atoms with Crippen molar-refractivity contribution in [1.82, 2.24) is 10.3 Å². The van der Waals surface area contributed by atoms with Crippen LogP contribution in [-0.2, 0) is 0 Å². The summed E-state index contributed by atoms with van der Waals surface area (Å²) in [6, 6.07) is 2.02. The Morgan fingerprint density at radius 2 is 2.20 bits per heavy atom. The first-order valence-electron chi connectivity index (χ1n) is 4.96. The molecule has 1 aliphatic rings. The summed E-state index contributed by atoms with van der Waals surface area (Å²) < 4.78 is 5.98. The second kappa shape index (κ2) is 4.81. The average molecular weight is 272 g/mol. The van der Waals surface area contributed by atoms with E-state index in [1.54, 1.807) is 7.11 Å². The molecule has 1 saturated heterocycles. The van der Waals surface area contributed by atoms with Gasteiger partial charge in [-0.05, 0) is 15.9 Å². The minimum absolute atomic E-state index is 0.754. The number of nitrogens with zero attached hydrogens (tertiary/aromatic N) is 2. The Balaban J connectivity index is 2.20. The van der Waals surface area contributed by atoms with Gasteiger partial charge in [0, 0.05) is 32.2 Å². The third-order valence-electron chi connectivity index (χ3n) is 2.49. The zero-order valence-electron chi connectivity index (χ0n) is 8.66. The maximum absolute atomic E-state index is 5.22. The summed E-state index contributed by atoms with van der Waals surface area (Å²) >= 11 is 3.35. The van der Waals surface area contributed by atoms with E-state index < -0.39 is 0 Å². The van der Waals surface area contributed by atoms with Gasteiger partial charge in [-0.3, -0.25) is 0 Å². The summed E-state index contributed by atoms with van der Waals surface area (Å²) in [5.74, 6) is 0.783. The Labute approximate surface area is 97.8 Å². The average Bonchev–Trinajstić information content (AvgIpc) is 2.31. The van der Waals surface area contributed by atoms with Crippen LogP contribution in [0, 0.1) is 0 Å². The maximum Gasteiger partial charge on any atom is 0.153 e. The highest BCUT2D eigenvalue weighted by atomic mass is 79.9. The highest BCUT2D eigenvalue weighted by molar-refractivity contribution is 9.10. The van der Waals surface area contributed by atoms with E-state index in [-0.39, 0.29) is 0 Å². The number of hydrogen-bond donors (Lipinski definition) is 1. The lowest BCUT2D eigenvalue weighted by Gasteiger charge is -2.29. The molecule has 2 rings (SSSR count). The van der Waals surface area contributed by atoms with Gasteiger partial charge in [-0.2, -0.15) is 0 Å². The monoisotopic (exact) mass is 271 g/mol. The fourth-order valence-corrected chi connectivity index (χ4v) is 2.04. The minimum atomic E-state index is 0.754. The predicted molar refractivity (Wildman–Crippen MR) is 63.6 cm³/mol. The zero-order valence-corrected chi connectivity index (χ0v) is 10.2. The number of nitrogens with one attached hydrogen (secondary N) is 1. The Hall–Kier alpha value is -0.810. The van der Waals surface area contributed by atoms with E-state index in [2.05, 4.69) is 31.1 Å². The van der Waals surface area contributed by atoms with Crippen LogP contribution in [0.25, 0.3) is 0 Å². The van der Waals surface area contributed by atoms with Gasteiger partial charge in [0.05, 0.1) is 19.0 Å². The van der Waals surface area contributed by atoms with Crippen LogP contribution < -0.4 is 15.0 Å². The number of aromatic nitrogens is 1. The number of piperazine rings is 1. The first kappa shape index (κ1) is 10.7. The quantitative estimate of drug-likeness (QED) is 0.822. The van der Waals surface area contributed by atoms with Gasteiger partial charge in [-0.25, -0.2) is 4.98 Å². The molecule has 0 aliphatic carbocycles. The van der Waals surface area contributed by atoms with Crippen LogP contribution in [0.5, 0.6) is 5.75 Å². The van der Waals surface area contributed by atoms with Crippen LogP contribution in [0.1, 0.15) is 0 Å². The van der Waals surface area contributed by atoms with Crippen molar-refractivity contribution in [3.8, 4) is 5.75 Å². The van der Waals surface area contributed by atoms with Crippen LogP contribution in [0.3, 0.4) is 0 Å². The second-order valence-corrected chi connectivity index (χ2v) is 4.17. The van der Waals surface area contributed by atoms with Crippen LogP contribution in [0.4, 0.5) is 5.69 Å². The number of halogens is 1. The van der Waals surface area contributed by atoms with Crippen molar-refractivity contribution in [2.75, 3.05) is 38.2 Å². The van der Waals surface area contributed by atoms with Crippen molar-refractivity contribution >= 4 is 21.6 Å². The third-order valence-corrected chi connectivity index (χ3v) is 3.09. The normalized spacial score (nSPS) is 16.5. The fourth-order valence-electron chi connectivity index (χ4n) is 1.66. The summed E-state index contributed by atoms with van der Waals surface area (Å²) in [5.41, 5.74) is 1.12. The van der Waals surface area contributed by atoms with Crippen molar-refractivity contribution in [3.63, 3.8) is 0 Å². The van der Waals surface area contributed by atoms with Gasteiger partial charge in [-0.1, -0.05) is 0 Å². The summed E-state index contributed by atoms with van der Waals surface area (Å²) in [7, 11) is 1.66. The molecule has 15 heavy (non-hydrogen) atoms. The molecule has 0 radical (unpaired) electrons. The zero-order chi connectivity index (χ0) is 10.7. The molecular weight excluding hydrogens is 258 g/mol. The first-order chi connectivity index (χ1) is 7.31. The molecule has 2 heterocycles. The summed E-state index contributed by atoms with van der Waals surface area (Å²) in [5, 5.41) is 3.32. The lowest BCUT2D eigenvalue weighted by atomic mass is 10.3. The standard InChI is InChI=1S/C10H14BrN3O/c1-15-9-6-8(7-13-10(9)11)14-4-2-12-3-5-14/h6-7,12H,2-5H2,1H3. The highest BCUT2D eigenvalue weighted by Gasteiger charge is 2.12. The number of methoxy groups -OCH3 is 1. The van der Waals surface area contributed by atoms with Crippen molar-refractivity contribution in [2.24, 2.45) is 0 Å². The van der Waals surface area contributed by atoms with Gasteiger partial charge in [0.2, 0.25) is 0 Å². The van der Waals surface area contributed by atoms with Crippen LogP contribution >= 0.6 is 15.9 Å². The molecule has 0 spiro atoms. The topological polar surface area (TPSA) is 37.4 Å². The SMILES string of the molecule is COc1cc(N2CCNCC2)cnc1Br. The van der Waals surface area contributed by atoms with E-state index in [1.165, 1.54) is 0 Å². The van der Waals surface area contributed by atoms with E-state index in [9.17, 15) is 0 Å². The molecule has 82 valence electrons. The Kier molecular flexibility index (Phi) is 3.43.